The molecule has 2 atom stereocenters. The minimum Gasteiger partial charge on any atom is -0.469 e. The largest absolute Gasteiger partial charge is 0.469 e. The van der Waals surface area contributed by atoms with Crippen LogP contribution in [0.2, 0.25) is 0 Å². The van der Waals surface area contributed by atoms with Crippen LogP contribution in [0.25, 0.3) is 0 Å². The van der Waals surface area contributed by atoms with E-state index in [1.54, 1.807) is 31.2 Å². The van der Waals surface area contributed by atoms with Gasteiger partial charge in [0.1, 0.15) is 5.75 Å². The molecule has 0 aliphatic heterocycles. The lowest BCUT2D eigenvalue weighted by Gasteiger charge is -2.20. The fraction of sp³-hybridized carbons (Fsp3) is 0.417. The van der Waals surface area contributed by atoms with Gasteiger partial charge in [-0.2, -0.15) is 0 Å². The Hall–Kier alpha value is -1.32. The predicted octanol–water partition coefficient (Wildman–Crippen LogP) is 2.43. The van der Waals surface area contributed by atoms with Gasteiger partial charge >= 0.3 is 13.5 Å². The number of hydrogen-bond donors (Lipinski definition) is 1. The van der Waals surface area contributed by atoms with Crippen LogP contribution in [-0.2, 0) is 14.1 Å². The summed E-state index contributed by atoms with van der Waals surface area (Å²) in [6.07, 6.45) is 0.145. The predicted molar refractivity (Wildman–Crippen MR) is 69.8 cm³/mol. The number of para-hydroxylation sites is 1. The Morgan fingerprint density at radius 2 is 2.00 bits per heavy atom. The maximum absolute atomic E-state index is 12.2. The summed E-state index contributed by atoms with van der Waals surface area (Å²) in [7, 11) is -1.67. The molecule has 0 fully saturated rings. The highest BCUT2D eigenvalue weighted by molar-refractivity contribution is 7.56. The number of ether oxygens (including phenoxy) is 1. The molecule has 1 unspecified atom stereocenters. The van der Waals surface area contributed by atoms with Gasteiger partial charge in [0, 0.05) is 12.7 Å². The Balaban J connectivity index is 2.54. The van der Waals surface area contributed by atoms with Crippen molar-refractivity contribution in [2.24, 2.45) is 0 Å². The van der Waals surface area contributed by atoms with E-state index in [1.807, 2.05) is 6.07 Å². The average Bonchev–Trinajstić information content (AvgIpc) is 2.28. The highest BCUT2D eigenvalue weighted by atomic mass is 31.2. The minimum atomic E-state index is -3.00. The fourth-order valence-electron chi connectivity index (χ4n) is 1.49. The molecule has 0 amide bonds. The molecular formula is C12H18NO4P. The van der Waals surface area contributed by atoms with Crippen LogP contribution in [0, 0.1) is 0 Å². The van der Waals surface area contributed by atoms with E-state index in [0.29, 0.717) is 5.75 Å². The van der Waals surface area contributed by atoms with E-state index in [1.165, 1.54) is 13.8 Å². The van der Waals surface area contributed by atoms with Crippen LogP contribution in [0.5, 0.6) is 5.75 Å². The minimum absolute atomic E-state index is 0.145. The van der Waals surface area contributed by atoms with Crippen LogP contribution in [0.15, 0.2) is 30.3 Å². The van der Waals surface area contributed by atoms with E-state index in [4.69, 9.17) is 4.52 Å². The molecule has 100 valence electrons. The van der Waals surface area contributed by atoms with Gasteiger partial charge in [-0.1, -0.05) is 18.2 Å². The zero-order valence-electron chi connectivity index (χ0n) is 10.8. The Morgan fingerprint density at radius 3 is 2.56 bits per heavy atom. The molecule has 0 aromatic heterocycles. The Morgan fingerprint density at radius 1 is 1.39 bits per heavy atom. The normalized spacial score (nSPS) is 15.5. The highest BCUT2D eigenvalue weighted by Gasteiger charge is 2.21. The molecule has 0 spiro atoms. The van der Waals surface area contributed by atoms with Crippen LogP contribution < -0.4 is 9.61 Å². The van der Waals surface area contributed by atoms with Crippen LogP contribution in [0.4, 0.5) is 0 Å². The summed E-state index contributed by atoms with van der Waals surface area (Å²) in [6.45, 7) is 3.23. The van der Waals surface area contributed by atoms with Crippen LogP contribution >= 0.6 is 7.52 Å². The first-order chi connectivity index (χ1) is 8.43. The number of benzene rings is 1. The van der Waals surface area contributed by atoms with Crippen LogP contribution in [0.3, 0.4) is 0 Å². The van der Waals surface area contributed by atoms with Gasteiger partial charge in [-0.25, -0.2) is 5.09 Å². The first kappa shape index (κ1) is 14.7. The number of carbonyl (C=O) groups excluding carboxylic acids is 1. The summed E-state index contributed by atoms with van der Waals surface area (Å²) < 4.78 is 22.1. The number of nitrogens with one attached hydrogen (secondary N) is 1. The van der Waals surface area contributed by atoms with Crippen molar-refractivity contribution in [3.8, 4) is 5.75 Å². The van der Waals surface area contributed by atoms with E-state index in [2.05, 4.69) is 9.82 Å². The smallest absolute Gasteiger partial charge is 0.313 e. The van der Waals surface area contributed by atoms with Crippen molar-refractivity contribution in [2.45, 2.75) is 19.4 Å². The van der Waals surface area contributed by atoms with Gasteiger partial charge in [0.2, 0.25) is 0 Å². The third-order valence-corrected chi connectivity index (χ3v) is 3.65. The Bertz CT molecular complexity index is 435. The third-order valence-electron chi connectivity index (χ3n) is 2.18. The molecular weight excluding hydrogens is 253 g/mol. The zero-order valence-corrected chi connectivity index (χ0v) is 11.6. The lowest BCUT2D eigenvalue weighted by atomic mass is 10.3. The van der Waals surface area contributed by atoms with Gasteiger partial charge in [0.15, 0.2) is 0 Å². The van der Waals surface area contributed by atoms with Gasteiger partial charge in [-0.05, 0) is 19.1 Å². The lowest BCUT2D eigenvalue weighted by Crippen LogP contribution is -2.27. The van der Waals surface area contributed by atoms with Crippen molar-refractivity contribution >= 4 is 13.5 Å². The van der Waals surface area contributed by atoms with Crippen molar-refractivity contribution in [1.29, 1.82) is 0 Å². The first-order valence-corrected chi connectivity index (χ1v) is 7.67. The highest BCUT2D eigenvalue weighted by Crippen LogP contribution is 2.39. The molecule has 18 heavy (non-hydrogen) atoms. The molecule has 0 heterocycles. The quantitative estimate of drug-likeness (QED) is 0.636. The van der Waals surface area contributed by atoms with Crippen LogP contribution in [0.1, 0.15) is 13.3 Å². The van der Waals surface area contributed by atoms with E-state index in [-0.39, 0.29) is 18.4 Å². The summed E-state index contributed by atoms with van der Waals surface area (Å²) in [5, 5.41) is 2.80. The molecule has 0 aliphatic rings. The molecule has 0 radical (unpaired) electrons. The van der Waals surface area contributed by atoms with E-state index >= 15 is 0 Å². The summed E-state index contributed by atoms with van der Waals surface area (Å²) >= 11 is 0. The van der Waals surface area contributed by atoms with Crippen molar-refractivity contribution < 1.29 is 18.6 Å². The van der Waals surface area contributed by atoms with Gasteiger partial charge in [-0.3, -0.25) is 9.36 Å². The molecule has 0 aliphatic carbocycles. The van der Waals surface area contributed by atoms with Gasteiger partial charge in [-0.15, -0.1) is 0 Å². The van der Waals surface area contributed by atoms with E-state index in [9.17, 15) is 9.36 Å². The standard InChI is InChI=1S/C12H18NO4P/c1-10(9-12(14)16-2)13-18(3,15)17-11-7-5-4-6-8-11/h4-8,10H,9H2,1-3H3,(H,13,15)/t10-,18?/m0/s1. The third kappa shape index (κ3) is 5.34. The second kappa shape index (κ2) is 6.57. The Kier molecular flexibility index (Phi) is 5.38. The van der Waals surface area contributed by atoms with Crippen molar-refractivity contribution in [3.63, 3.8) is 0 Å². The number of rotatable bonds is 6. The summed E-state index contributed by atoms with van der Waals surface area (Å²) in [4.78, 5) is 11.1. The van der Waals surface area contributed by atoms with Crippen LogP contribution in [-0.4, -0.2) is 25.8 Å². The molecule has 0 bridgehead atoms. The molecule has 6 heteroatoms. The maximum atomic E-state index is 12.2. The topological polar surface area (TPSA) is 64.6 Å². The number of carbonyl (C=O) groups is 1. The average molecular weight is 271 g/mol. The van der Waals surface area contributed by atoms with E-state index in [0.717, 1.165) is 0 Å². The lowest BCUT2D eigenvalue weighted by molar-refractivity contribution is -0.140. The molecule has 5 nitrogen and oxygen atoms in total. The molecule has 1 aromatic carbocycles. The second-order valence-corrected chi connectivity index (χ2v) is 6.19. The zero-order chi connectivity index (χ0) is 13.6. The molecule has 1 aromatic rings. The molecule has 1 N–H and O–H groups in total. The van der Waals surface area contributed by atoms with Gasteiger partial charge < -0.3 is 9.26 Å². The summed E-state index contributed by atoms with van der Waals surface area (Å²) in [5.74, 6) is 0.177. The second-order valence-electron chi connectivity index (χ2n) is 4.06. The fourth-order valence-corrected chi connectivity index (χ4v) is 2.96. The van der Waals surface area contributed by atoms with Crippen molar-refractivity contribution in [2.75, 3.05) is 13.8 Å². The number of esters is 1. The molecule has 0 saturated carbocycles. The first-order valence-electron chi connectivity index (χ1n) is 5.60. The summed E-state index contributed by atoms with van der Waals surface area (Å²) in [6, 6.07) is 8.62. The summed E-state index contributed by atoms with van der Waals surface area (Å²) in [5.41, 5.74) is 0. The van der Waals surface area contributed by atoms with E-state index < -0.39 is 7.52 Å². The van der Waals surface area contributed by atoms with Gasteiger partial charge in [0.25, 0.3) is 0 Å². The number of methoxy groups -OCH3 is 1. The van der Waals surface area contributed by atoms with Crippen molar-refractivity contribution in [3.05, 3.63) is 30.3 Å². The van der Waals surface area contributed by atoms with Gasteiger partial charge in [0.05, 0.1) is 13.5 Å². The molecule has 1 rings (SSSR count). The Labute approximate surface area is 107 Å². The monoisotopic (exact) mass is 271 g/mol. The number of hydrogen-bond acceptors (Lipinski definition) is 4. The van der Waals surface area contributed by atoms with Crippen molar-refractivity contribution in [1.82, 2.24) is 5.09 Å². The maximum Gasteiger partial charge on any atom is 0.313 e. The molecule has 0 saturated heterocycles. The SMILES string of the molecule is COC(=O)C[C@H](C)NP(C)(=O)Oc1ccccc1.